The molecule has 2 heterocycles. The van der Waals surface area contributed by atoms with E-state index in [0.29, 0.717) is 0 Å². The molecule has 4 rings (SSSR count). The summed E-state index contributed by atoms with van der Waals surface area (Å²) in [5.41, 5.74) is 4.45. The summed E-state index contributed by atoms with van der Waals surface area (Å²) in [4.78, 5) is 4.68. The van der Waals surface area contributed by atoms with Crippen LogP contribution >= 0.6 is 11.3 Å². The van der Waals surface area contributed by atoms with Crippen LogP contribution in [0.2, 0.25) is 0 Å². The third-order valence-corrected chi connectivity index (χ3v) is 4.67. The van der Waals surface area contributed by atoms with E-state index in [4.69, 9.17) is 9.47 Å². The zero-order chi connectivity index (χ0) is 16.4. The fourth-order valence-corrected chi connectivity index (χ4v) is 3.43. The highest BCUT2D eigenvalue weighted by atomic mass is 32.1. The highest BCUT2D eigenvalue weighted by molar-refractivity contribution is 7.14. The van der Waals surface area contributed by atoms with Crippen molar-refractivity contribution in [1.29, 1.82) is 0 Å². The summed E-state index contributed by atoms with van der Waals surface area (Å²) in [6.45, 7) is 2.48. The number of fused-ring (bicyclic) bond motifs is 1. The summed E-state index contributed by atoms with van der Waals surface area (Å²) in [5.74, 6) is 1.55. The van der Waals surface area contributed by atoms with Gasteiger partial charge in [0.25, 0.3) is 0 Å². The van der Waals surface area contributed by atoms with E-state index < -0.39 is 0 Å². The van der Waals surface area contributed by atoms with E-state index in [1.807, 2.05) is 18.2 Å². The molecule has 122 valence electrons. The predicted molar refractivity (Wildman–Crippen MR) is 97.4 cm³/mol. The monoisotopic (exact) mass is 338 g/mol. The molecule has 3 aromatic rings. The first-order chi connectivity index (χ1) is 11.8. The van der Waals surface area contributed by atoms with Crippen LogP contribution in [-0.2, 0) is 6.42 Å². The lowest BCUT2D eigenvalue weighted by molar-refractivity contribution is 0.174. The molecule has 5 heteroatoms. The number of rotatable bonds is 5. The Kier molecular flexibility index (Phi) is 4.09. The number of hydrogen-bond acceptors (Lipinski definition) is 5. The second-order valence-electron chi connectivity index (χ2n) is 5.68. The molecule has 0 aliphatic carbocycles. The average Bonchev–Trinajstić information content (AvgIpc) is 3.25. The van der Waals surface area contributed by atoms with Crippen molar-refractivity contribution < 1.29 is 9.47 Å². The van der Waals surface area contributed by atoms with E-state index in [1.54, 1.807) is 11.3 Å². The first-order valence-corrected chi connectivity index (χ1v) is 8.91. The number of aryl methyl sites for hydroxylation is 1. The Hall–Kier alpha value is -2.53. The van der Waals surface area contributed by atoms with Gasteiger partial charge in [0.05, 0.1) is 5.69 Å². The highest BCUT2D eigenvalue weighted by Gasteiger charge is 2.13. The van der Waals surface area contributed by atoms with Crippen LogP contribution in [0.1, 0.15) is 18.9 Å². The van der Waals surface area contributed by atoms with Crippen LogP contribution in [0.5, 0.6) is 11.5 Å². The second-order valence-corrected chi connectivity index (χ2v) is 6.54. The van der Waals surface area contributed by atoms with Gasteiger partial charge in [-0.2, -0.15) is 0 Å². The molecule has 0 amide bonds. The van der Waals surface area contributed by atoms with Crippen molar-refractivity contribution in [3.05, 3.63) is 53.4 Å². The maximum atomic E-state index is 5.40. The summed E-state index contributed by atoms with van der Waals surface area (Å²) in [7, 11) is 0. The van der Waals surface area contributed by atoms with Crippen molar-refractivity contribution in [2.75, 3.05) is 12.1 Å². The van der Waals surface area contributed by atoms with Crippen molar-refractivity contribution in [2.45, 2.75) is 19.8 Å². The smallest absolute Gasteiger partial charge is 0.231 e. The largest absolute Gasteiger partial charge is 0.454 e. The van der Waals surface area contributed by atoms with E-state index in [0.717, 1.165) is 40.0 Å². The van der Waals surface area contributed by atoms with Gasteiger partial charge in [-0.05, 0) is 24.1 Å². The molecule has 0 fully saturated rings. The second kappa shape index (κ2) is 6.53. The van der Waals surface area contributed by atoms with Crippen LogP contribution in [0.25, 0.3) is 11.3 Å². The van der Waals surface area contributed by atoms with E-state index >= 15 is 0 Å². The van der Waals surface area contributed by atoms with Gasteiger partial charge >= 0.3 is 0 Å². The molecule has 2 aromatic carbocycles. The van der Waals surface area contributed by atoms with Gasteiger partial charge in [-0.3, -0.25) is 0 Å². The summed E-state index contributed by atoms with van der Waals surface area (Å²) < 4.78 is 10.7. The number of ether oxygens (including phenoxy) is 2. The molecule has 1 aliphatic heterocycles. The van der Waals surface area contributed by atoms with Crippen molar-refractivity contribution in [2.24, 2.45) is 0 Å². The average molecular weight is 338 g/mol. The van der Waals surface area contributed by atoms with Crippen LogP contribution in [0, 0.1) is 0 Å². The first-order valence-electron chi connectivity index (χ1n) is 8.03. The number of aromatic nitrogens is 1. The van der Waals surface area contributed by atoms with Gasteiger partial charge in [0.15, 0.2) is 16.6 Å². The maximum Gasteiger partial charge on any atom is 0.231 e. The van der Waals surface area contributed by atoms with Crippen LogP contribution in [-0.4, -0.2) is 11.8 Å². The fraction of sp³-hybridized carbons (Fsp3) is 0.211. The zero-order valence-corrected chi connectivity index (χ0v) is 14.2. The highest BCUT2D eigenvalue weighted by Crippen LogP contribution is 2.36. The summed E-state index contributed by atoms with van der Waals surface area (Å²) in [6.07, 6.45) is 2.29. The van der Waals surface area contributed by atoms with E-state index in [9.17, 15) is 0 Å². The Morgan fingerprint density at radius 1 is 1.08 bits per heavy atom. The quantitative estimate of drug-likeness (QED) is 0.691. The molecule has 0 saturated carbocycles. The number of benzene rings is 2. The van der Waals surface area contributed by atoms with Crippen LogP contribution in [0.15, 0.2) is 47.8 Å². The fourth-order valence-electron chi connectivity index (χ4n) is 2.69. The molecule has 1 aromatic heterocycles. The molecular formula is C19H18N2O2S. The lowest BCUT2D eigenvalue weighted by Gasteiger charge is -2.04. The minimum Gasteiger partial charge on any atom is -0.454 e. The summed E-state index contributed by atoms with van der Waals surface area (Å²) in [5, 5.41) is 6.26. The van der Waals surface area contributed by atoms with Crippen molar-refractivity contribution in [1.82, 2.24) is 4.98 Å². The minimum absolute atomic E-state index is 0.286. The third-order valence-electron chi connectivity index (χ3n) is 3.92. The van der Waals surface area contributed by atoms with Gasteiger partial charge in [0.1, 0.15) is 0 Å². The molecule has 1 aliphatic rings. The molecule has 1 N–H and O–H groups in total. The zero-order valence-electron chi connectivity index (χ0n) is 13.4. The molecule has 0 radical (unpaired) electrons. The molecule has 0 spiro atoms. The number of thiazole rings is 1. The Morgan fingerprint density at radius 3 is 2.75 bits per heavy atom. The standard InChI is InChI=1S/C19H18N2O2S/c1-2-3-13-4-6-14(7-5-13)16-11-24-19(21-16)20-15-8-9-17-18(10-15)23-12-22-17/h4-11H,2-3,12H2,1H3,(H,20,21). The molecule has 24 heavy (non-hydrogen) atoms. The lowest BCUT2D eigenvalue weighted by Crippen LogP contribution is -1.93. The molecule has 0 atom stereocenters. The molecule has 4 nitrogen and oxygen atoms in total. The normalized spacial score (nSPS) is 12.4. The third kappa shape index (κ3) is 3.08. The maximum absolute atomic E-state index is 5.40. The van der Waals surface area contributed by atoms with Gasteiger partial charge in [-0.25, -0.2) is 4.98 Å². The van der Waals surface area contributed by atoms with Gasteiger partial charge in [-0.15, -0.1) is 11.3 Å². The SMILES string of the molecule is CCCc1ccc(-c2csc(Nc3ccc4c(c3)OCO4)n2)cc1. The molecular weight excluding hydrogens is 320 g/mol. The number of nitrogens with one attached hydrogen (secondary N) is 1. The Bertz CT molecular complexity index is 843. The summed E-state index contributed by atoms with van der Waals surface area (Å²) in [6, 6.07) is 14.5. The Morgan fingerprint density at radius 2 is 1.92 bits per heavy atom. The first kappa shape index (κ1) is 15.0. The van der Waals surface area contributed by atoms with E-state index in [2.05, 4.69) is 46.9 Å². The van der Waals surface area contributed by atoms with Gasteiger partial charge in [0.2, 0.25) is 6.79 Å². The lowest BCUT2D eigenvalue weighted by atomic mass is 10.1. The van der Waals surface area contributed by atoms with Crippen LogP contribution in [0.3, 0.4) is 0 Å². The van der Waals surface area contributed by atoms with Crippen LogP contribution in [0.4, 0.5) is 10.8 Å². The van der Waals surface area contributed by atoms with E-state index in [-0.39, 0.29) is 6.79 Å². The number of hydrogen-bond donors (Lipinski definition) is 1. The molecule has 0 saturated heterocycles. The number of nitrogens with zero attached hydrogens (tertiary/aromatic N) is 1. The Balaban J connectivity index is 1.50. The topological polar surface area (TPSA) is 43.4 Å². The number of anilines is 2. The predicted octanol–water partition coefficient (Wildman–Crippen LogP) is 5.23. The van der Waals surface area contributed by atoms with E-state index in [1.165, 1.54) is 12.0 Å². The van der Waals surface area contributed by atoms with Crippen molar-refractivity contribution in [3.8, 4) is 22.8 Å². The molecule has 0 unspecified atom stereocenters. The van der Waals surface area contributed by atoms with Gasteiger partial charge in [-0.1, -0.05) is 37.6 Å². The molecule has 0 bridgehead atoms. The van der Waals surface area contributed by atoms with Crippen LogP contribution < -0.4 is 14.8 Å². The van der Waals surface area contributed by atoms with Gasteiger partial charge in [0, 0.05) is 22.7 Å². The minimum atomic E-state index is 0.286. The van der Waals surface area contributed by atoms with Gasteiger partial charge < -0.3 is 14.8 Å². The Labute approximate surface area is 145 Å². The van der Waals surface area contributed by atoms with Crippen molar-refractivity contribution >= 4 is 22.2 Å². The summed E-state index contributed by atoms with van der Waals surface area (Å²) >= 11 is 1.59. The van der Waals surface area contributed by atoms with Crippen molar-refractivity contribution in [3.63, 3.8) is 0 Å².